The Labute approximate surface area is 153 Å². The summed E-state index contributed by atoms with van der Waals surface area (Å²) in [6, 6.07) is 6.53. The highest BCUT2D eigenvalue weighted by atomic mass is 32.1. The molecule has 1 aliphatic rings. The van der Waals surface area contributed by atoms with Gasteiger partial charge in [0, 0.05) is 56.4 Å². The summed E-state index contributed by atoms with van der Waals surface area (Å²) in [7, 11) is 1.83. The molecule has 3 rings (SSSR count). The van der Waals surface area contributed by atoms with E-state index < -0.39 is 0 Å². The molecule has 25 heavy (non-hydrogen) atoms. The minimum Gasteiger partial charge on any atom is -0.356 e. The van der Waals surface area contributed by atoms with Crippen LogP contribution in [0.2, 0.25) is 0 Å². The number of hydrogen-bond donors (Lipinski definition) is 2. The van der Waals surface area contributed by atoms with Crippen LogP contribution in [0.5, 0.6) is 0 Å². The number of aryl methyl sites for hydroxylation is 1. The Hall–Kier alpha value is -2.15. The first-order valence-corrected chi connectivity index (χ1v) is 9.60. The molecule has 2 N–H and O–H groups in total. The van der Waals surface area contributed by atoms with Crippen LogP contribution in [0.25, 0.3) is 0 Å². The summed E-state index contributed by atoms with van der Waals surface area (Å²) in [6.45, 7) is 4.97. The maximum absolute atomic E-state index is 4.44. The molecule has 6 nitrogen and oxygen atoms in total. The summed E-state index contributed by atoms with van der Waals surface area (Å²) in [4.78, 5) is 16.8. The highest BCUT2D eigenvalue weighted by molar-refractivity contribution is 7.11. The highest BCUT2D eigenvalue weighted by Crippen LogP contribution is 2.17. The zero-order valence-corrected chi connectivity index (χ0v) is 15.7. The van der Waals surface area contributed by atoms with Gasteiger partial charge in [0.25, 0.3) is 0 Å². The molecule has 134 valence electrons. The number of pyridine rings is 1. The minimum absolute atomic E-state index is 0.452. The molecule has 0 amide bonds. The van der Waals surface area contributed by atoms with Crippen molar-refractivity contribution < 1.29 is 0 Å². The second-order valence-corrected chi connectivity index (χ2v) is 7.53. The lowest BCUT2D eigenvalue weighted by molar-refractivity contribution is 0.459. The zero-order chi connectivity index (χ0) is 17.5. The lowest BCUT2D eigenvalue weighted by Crippen LogP contribution is -2.49. The fraction of sp³-hybridized carbons (Fsp3) is 0.500. The molecule has 0 radical (unpaired) electrons. The highest BCUT2D eigenvalue weighted by Gasteiger charge is 2.20. The van der Waals surface area contributed by atoms with Crippen LogP contribution in [-0.2, 0) is 6.42 Å². The summed E-state index contributed by atoms with van der Waals surface area (Å²) in [5.74, 6) is 1.95. The topological polar surface area (TPSA) is 65.4 Å². The summed E-state index contributed by atoms with van der Waals surface area (Å²) in [5.41, 5.74) is 0. The van der Waals surface area contributed by atoms with Gasteiger partial charge in [-0.05, 0) is 31.9 Å². The number of hydrogen-bond acceptors (Lipinski definition) is 5. The van der Waals surface area contributed by atoms with Gasteiger partial charge in [0.2, 0.25) is 0 Å². The van der Waals surface area contributed by atoms with Crippen LogP contribution in [0.15, 0.2) is 35.6 Å². The first-order valence-electron chi connectivity index (χ1n) is 8.79. The molecule has 0 unspecified atom stereocenters. The maximum atomic E-state index is 4.44. The zero-order valence-electron chi connectivity index (χ0n) is 14.9. The van der Waals surface area contributed by atoms with Crippen molar-refractivity contribution in [2.24, 2.45) is 4.99 Å². The summed E-state index contributed by atoms with van der Waals surface area (Å²) >= 11 is 1.76. The second kappa shape index (κ2) is 8.80. The predicted octanol–water partition coefficient (Wildman–Crippen LogP) is 2.22. The third-order valence-electron chi connectivity index (χ3n) is 4.33. The van der Waals surface area contributed by atoms with Gasteiger partial charge in [0.15, 0.2) is 5.96 Å². The van der Waals surface area contributed by atoms with Gasteiger partial charge >= 0.3 is 0 Å². The van der Waals surface area contributed by atoms with Crippen LogP contribution >= 0.6 is 11.3 Å². The first kappa shape index (κ1) is 17.7. The summed E-state index contributed by atoms with van der Waals surface area (Å²) < 4.78 is 0. The minimum atomic E-state index is 0.452. The van der Waals surface area contributed by atoms with Crippen molar-refractivity contribution in [2.75, 3.05) is 31.6 Å². The predicted molar refractivity (Wildman–Crippen MR) is 105 cm³/mol. The van der Waals surface area contributed by atoms with Gasteiger partial charge in [0.1, 0.15) is 5.82 Å². The lowest BCUT2D eigenvalue weighted by Gasteiger charge is -2.33. The number of piperidine rings is 1. The number of aliphatic imine (C=N–C) groups is 1. The smallest absolute Gasteiger partial charge is 0.191 e. The Morgan fingerprint density at radius 2 is 2.16 bits per heavy atom. The molecule has 1 fully saturated rings. The molecule has 1 saturated heterocycles. The second-order valence-electron chi connectivity index (χ2n) is 6.21. The van der Waals surface area contributed by atoms with E-state index >= 15 is 0 Å². The molecular weight excluding hydrogens is 332 g/mol. The van der Waals surface area contributed by atoms with Crippen molar-refractivity contribution in [1.29, 1.82) is 0 Å². The van der Waals surface area contributed by atoms with Crippen LogP contribution in [0, 0.1) is 6.92 Å². The standard InChI is InChI=1S/C18H26N6S/c1-14-13-22-17(25-14)6-10-21-18(19-2)23-15-7-11-24(12-8-15)16-5-3-4-9-20-16/h3-5,9,13,15H,6-8,10-12H2,1-2H3,(H2,19,21,23). The van der Waals surface area contributed by atoms with E-state index in [9.17, 15) is 0 Å². The Bertz CT molecular complexity index is 676. The molecule has 0 saturated carbocycles. The SMILES string of the molecule is CN=C(NCCc1ncc(C)s1)NC1CCN(c2ccccn2)CC1. The van der Waals surface area contributed by atoms with Gasteiger partial charge in [-0.15, -0.1) is 11.3 Å². The van der Waals surface area contributed by atoms with Crippen LogP contribution in [0.1, 0.15) is 22.7 Å². The first-order chi connectivity index (χ1) is 12.2. The molecule has 0 aliphatic carbocycles. The van der Waals surface area contributed by atoms with Crippen molar-refractivity contribution in [3.05, 3.63) is 40.5 Å². The van der Waals surface area contributed by atoms with Gasteiger partial charge in [-0.1, -0.05) is 6.07 Å². The molecule has 0 bridgehead atoms. The molecule has 0 spiro atoms. The van der Waals surface area contributed by atoms with Crippen LogP contribution in [-0.4, -0.2) is 48.7 Å². The number of rotatable bonds is 5. The van der Waals surface area contributed by atoms with Crippen LogP contribution in [0.4, 0.5) is 5.82 Å². The van der Waals surface area contributed by atoms with Crippen LogP contribution < -0.4 is 15.5 Å². The number of aromatic nitrogens is 2. The van der Waals surface area contributed by atoms with E-state index in [0.29, 0.717) is 6.04 Å². The molecular formula is C18H26N6S. The molecule has 2 aromatic heterocycles. The average Bonchev–Trinajstić information content (AvgIpc) is 3.07. The summed E-state index contributed by atoms with van der Waals surface area (Å²) in [5, 5.41) is 8.11. The third kappa shape index (κ3) is 5.16. The van der Waals surface area contributed by atoms with E-state index in [2.05, 4.69) is 43.5 Å². The third-order valence-corrected chi connectivity index (χ3v) is 5.31. The molecule has 7 heteroatoms. The monoisotopic (exact) mass is 358 g/mol. The van der Waals surface area contributed by atoms with Gasteiger partial charge in [-0.25, -0.2) is 9.97 Å². The number of nitrogens with one attached hydrogen (secondary N) is 2. The van der Waals surface area contributed by atoms with Crippen LogP contribution in [0.3, 0.4) is 0 Å². The number of thiazole rings is 1. The number of guanidine groups is 1. The quantitative estimate of drug-likeness (QED) is 0.634. The molecule has 0 aromatic carbocycles. The van der Waals surface area contributed by atoms with E-state index in [0.717, 1.165) is 50.7 Å². The Kier molecular flexibility index (Phi) is 6.22. The van der Waals surface area contributed by atoms with Gasteiger partial charge in [-0.3, -0.25) is 4.99 Å². The lowest BCUT2D eigenvalue weighted by atomic mass is 10.1. The van der Waals surface area contributed by atoms with E-state index in [1.807, 2.05) is 31.6 Å². The number of nitrogens with zero attached hydrogens (tertiary/aromatic N) is 4. The molecule has 1 aliphatic heterocycles. The van der Waals surface area contributed by atoms with Crippen molar-refractivity contribution in [1.82, 2.24) is 20.6 Å². The van der Waals surface area contributed by atoms with Crippen molar-refractivity contribution >= 4 is 23.1 Å². The van der Waals surface area contributed by atoms with E-state index in [-0.39, 0.29) is 0 Å². The van der Waals surface area contributed by atoms with E-state index in [1.165, 1.54) is 9.88 Å². The Balaban J connectivity index is 1.41. The van der Waals surface area contributed by atoms with Crippen molar-refractivity contribution in [3.63, 3.8) is 0 Å². The van der Waals surface area contributed by atoms with Gasteiger partial charge in [0.05, 0.1) is 5.01 Å². The molecule has 3 heterocycles. The Morgan fingerprint density at radius 3 is 2.80 bits per heavy atom. The fourth-order valence-electron chi connectivity index (χ4n) is 2.99. The molecule has 0 atom stereocenters. The largest absolute Gasteiger partial charge is 0.356 e. The van der Waals surface area contributed by atoms with Crippen molar-refractivity contribution in [2.45, 2.75) is 32.2 Å². The normalized spacial score (nSPS) is 16.1. The average molecular weight is 359 g/mol. The fourth-order valence-corrected chi connectivity index (χ4v) is 3.77. The molecule has 2 aromatic rings. The van der Waals surface area contributed by atoms with Gasteiger partial charge in [-0.2, -0.15) is 0 Å². The van der Waals surface area contributed by atoms with Crippen molar-refractivity contribution in [3.8, 4) is 0 Å². The Morgan fingerprint density at radius 1 is 1.32 bits per heavy atom. The van der Waals surface area contributed by atoms with E-state index in [4.69, 9.17) is 0 Å². The van der Waals surface area contributed by atoms with E-state index in [1.54, 1.807) is 11.3 Å². The maximum Gasteiger partial charge on any atom is 0.191 e. The summed E-state index contributed by atoms with van der Waals surface area (Å²) in [6.07, 6.45) is 6.89. The number of anilines is 1. The van der Waals surface area contributed by atoms with Gasteiger partial charge < -0.3 is 15.5 Å².